The third-order valence-corrected chi connectivity index (χ3v) is 2.91. The molecule has 0 fully saturated rings. The SMILES string of the molecule is O=CN(O)C[C@H](O)[C@H](O)[C@H](O)C(O)CP(=O)(O)O. The first-order valence-electron chi connectivity index (χ1n) is 4.76. The summed E-state index contributed by atoms with van der Waals surface area (Å²) in [5.74, 6) is 0. The van der Waals surface area contributed by atoms with Crippen LogP contribution in [-0.4, -0.2) is 84.0 Å². The van der Waals surface area contributed by atoms with Crippen LogP contribution < -0.4 is 0 Å². The van der Waals surface area contributed by atoms with Crippen LogP contribution >= 0.6 is 7.60 Å². The fourth-order valence-electron chi connectivity index (χ4n) is 1.15. The molecule has 7 N–H and O–H groups in total. The van der Waals surface area contributed by atoms with E-state index in [-0.39, 0.29) is 11.5 Å². The number of carbonyl (C=O) groups is 1. The molecule has 108 valence electrons. The second-order valence-corrected chi connectivity index (χ2v) is 5.39. The molecule has 0 aromatic carbocycles. The van der Waals surface area contributed by atoms with E-state index in [9.17, 15) is 29.8 Å². The van der Waals surface area contributed by atoms with Gasteiger partial charge in [0.15, 0.2) is 0 Å². The van der Waals surface area contributed by atoms with Crippen molar-refractivity contribution in [3.63, 3.8) is 0 Å². The van der Waals surface area contributed by atoms with Crippen LogP contribution in [0, 0.1) is 0 Å². The third-order valence-electron chi connectivity index (χ3n) is 2.06. The number of aliphatic hydroxyl groups is 4. The third kappa shape index (κ3) is 6.38. The number of rotatable bonds is 8. The van der Waals surface area contributed by atoms with Gasteiger partial charge < -0.3 is 30.2 Å². The lowest BCUT2D eigenvalue weighted by molar-refractivity contribution is -0.166. The lowest BCUT2D eigenvalue weighted by atomic mass is 10.0. The number of hydroxylamine groups is 2. The molecular formula is C7H16NO9P. The molecule has 10 nitrogen and oxygen atoms in total. The van der Waals surface area contributed by atoms with E-state index >= 15 is 0 Å². The number of nitrogens with zero attached hydrogens (tertiary/aromatic N) is 1. The number of aliphatic hydroxyl groups excluding tert-OH is 4. The lowest BCUT2D eigenvalue weighted by Gasteiger charge is -2.27. The Labute approximate surface area is 102 Å². The van der Waals surface area contributed by atoms with E-state index < -0.39 is 44.7 Å². The average Bonchev–Trinajstić information content (AvgIpc) is 2.24. The van der Waals surface area contributed by atoms with Gasteiger partial charge in [-0.25, -0.2) is 5.06 Å². The van der Waals surface area contributed by atoms with Crippen molar-refractivity contribution in [2.45, 2.75) is 24.4 Å². The molecular weight excluding hydrogens is 273 g/mol. The van der Waals surface area contributed by atoms with Crippen molar-refractivity contribution in [2.24, 2.45) is 0 Å². The molecule has 18 heavy (non-hydrogen) atoms. The fraction of sp³-hybridized carbons (Fsp3) is 0.857. The minimum absolute atomic E-state index is 0.00400. The smallest absolute Gasteiger partial charge is 0.328 e. The molecule has 0 aliphatic rings. The van der Waals surface area contributed by atoms with Gasteiger partial charge in [0, 0.05) is 0 Å². The number of amides is 1. The number of hydrogen-bond acceptors (Lipinski definition) is 7. The van der Waals surface area contributed by atoms with Crippen molar-refractivity contribution in [3.05, 3.63) is 0 Å². The summed E-state index contributed by atoms with van der Waals surface area (Å²) in [5.41, 5.74) is 0. The van der Waals surface area contributed by atoms with E-state index in [2.05, 4.69) is 0 Å². The van der Waals surface area contributed by atoms with Crippen LogP contribution in [0.25, 0.3) is 0 Å². The number of hydrogen-bond donors (Lipinski definition) is 7. The normalized spacial score (nSPS) is 18.8. The molecule has 0 heterocycles. The Hall–Kier alpha value is -0.580. The molecule has 11 heteroatoms. The molecule has 0 aliphatic carbocycles. The second-order valence-electron chi connectivity index (χ2n) is 3.69. The Balaban J connectivity index is 4.43. The molecule has 4 atom stereocenters. The highest BCUT2D eigenvalue weighted by Gasteiger charge is 2.34. The van der Waals surface area contributed by atoms with Crippen molar-refractivity contribution in [1.29, 1.82) is 0 Å². The van der Waals surface area contributed by atoms with Crippen LogP contribution in [0.4, 0.5) is 0 Å². The summed E-state index contributed by atoms with van der Waals surface area (Å²) in [4.78, 5) is 27.1. The first kappa shape index (κ1) is 17.4. The summed E-state index contributed by atoms with van der Waals surface area (Å²) in [6, 6.07) is 0. The van der Waals surface area contributed by atoms with Crippen LogP contribution in [0.3, 0.4) is 0 Å². The molecule has 0 rings (SSSR count). The van der Waals surface area contributed by atoms with E-state index in [0.717, 1.165) is 0 Å². The molecule has 0 aromatic heterocycles. The Morgan fingerprint density at radius 1 is 1.06 bits per heavy atom. The second kappa shape index (κ2) is 7.12. The zero-order valence-electron chi connectivity index (χ0n) is 9.14. The van der Waals surface area contributed by atoms with E-state index in [0.29, 0.717) is 0 Å². The van der Waals surface area contributed by atoms with Gasteiger partial charge in [0.05, 0.1) is 18.8 Å². The fourth-order valence-corrected chi connectivity index (χ4v) is 1.85. The summed E-state index contributed by atoms with van der Waals surface area (Å²) in [7, 11) is -4.60. The molecule has 0 spiro atoms. The summed E-state index contributed by atoms with van der Waals surface area (Å²) in [6.45, 7) is -0.746. The standard InChI is InChI=1S/C7H16NO9P/c9-3-8(14)1-4(10)6(12)7(13)5(11)2-18(15,16)17/h3-7,10-14H,1-2H2,(H2,15,16,17)/t4-,5?,6-,7+/m0/s1. The Bertz CT molecular complexity index is 307. The Morgan fingerprint density at radius 2 is 1.50 bits per heavy atom. The van der Waals surface area contributed by atoms with E-state index in [4.69, 9.17) is 15.0 Å². The Kier molecular flexibility index (Phi) is 6.89. The first-order chi connectivity index (χ1) is 8.08. The highest BCUT2D eigenvalue weighted by molar-refractivity contribution is 7.51. The maximum Gasteiger partial charge on any atom is 0.328 e. The van der Waals surface area contributed by atoms with Crippen LogP contribution in [0.5, 0.6) is 0 Å². The lowest BCUT2D eigenvalue weighted by Crippen LogP contribution is -2.49. The van der Waals surface area contributed by atoms with Crippen LogP contribution in [0.2, 0.25) is 0 Å². The van der Waals surface area contributed by atoms with Gasteiger partial charge in [-0.3, -0.25) is 14.6 Å². The summed E-state index contributed by atoms with van der Waals surface area (Å²) < 4.78 is 10.5. The molecule has 1 amide bonds. The molecule has 0 radical (unpaired) electrons. The molecule has 0 bridgehead atoms. The van der Waals surface area contributed by atoms with Gasteiger partial charge in [-0.2, -0.15) is 0 Å². The van der Waals surface area contributed by atoms with Crippen molar-refractivity contribution in [2.75, 3.05) is 12.7 Å². The molecule has 0 aliphatic heterocycles. The number of carbonyl (C=O) groups excluding carboxylic acids is 1. The topological polar surface area (TPSA) is 179 Å². The van der Waals surface area contributed by atoms with E-state index in [1.54, 1.807) is 0 Å². The van der Waals surface area contributed by atoms with Gasteiger partial charge >= 0.3 is 7.60 Å². The van der Waals surface area contributed by atoms with E-state index in [1.165, 1.54) is 0 Å². The largest absolute Gasteiger partial charge is 0.390 e. The zero-order valence-corrected chi connectivity index (χ0v) is 10.0. The maximum absolute atomic E-state index is 10.5. The monoisotopic (exact) mass is 289 g/mol. The molecule has 0 saturated heterocycles. The van der Waals surface area contributed by atoms with Crippen molar-refractivity contribution in [1.82, 2.24) is 5.06 Å². The average molecular weight is 289 g/mol. The van der Waals surface area contributed by atoms with Crippen LogP contribution in [-0.2, 0) is 9.36 Å². The van der Waals surface area contributed by atoms with Crippen molar-refractivity contribution < 1.29 is 44.8 Å². The minimum Gasteiger partial charge on any atom is -0.390 e. The summed E-state index contributed by atoms with van der Waals surface area (Å²) >= 11 is 0. The van der Waals surface area contributed by atoms with Gasteiger partial charge in [-0.15, -0.1) is 0 Å². The minimum atomic E-state index is -4.60. The van der Waals surface area contributed by atoms with Gasteiger partial charge in [0.25, 0.3) is 0 Å². The van der Waals surface area contributed by atoms with Crippen molar-refractivity contribution in [3.8, 4) is 0 Å². The highest BCUT2D eigenvalue weighted by atomic mass is 31.2. The Morgan fingerprint density at radius 3 is 1.89 bits per heavy atom. The molecule has 0 aromatic rings. The first-order valence-corrected chi connectivity index (χ1v) is 6.56. The predicted octanol–water partition coefficient (Wildman–Crippen LogP) is -3.54. The zero-order chi connectivity index (χ0) is 14.5. The highest BCUT2D eigenvalue weighted by Crippen LogP contribution is 2.35. The molecule has 0 saturated carbocycles. The van der Waals surface area contributed by atoms with Gasteiger partial charge in [0.1, 0.15) is 18.3 Å². The van der Waals surface area contributed by atoms with Crippen LogP contribution in [0.1, 0.15) is 0 Å². The predicted molar refractivity (Wildman–Crippen MR) is 55.5 cm³/mol. The van der Waals surface area contributed by atoms with E-state index in [1.807, 2.05) is 0 Å². The van der Waals surface area contributed by atoms with Crippen molar-refractivity contribution >= 4 is 14.0 Å². The quantitative estimate of drug-likeness (QED) is 0.103. The molecule has 1 unspecified atom stereocenters. The maximum atomic E-state index is 10.5. The van der Waals surface area contributed by atoms with Gasteiger partial charge in [-0.05, 0) is 0 Å². The summed E-state index contributed by atoms with van der Waals surface area (Å²) in [5, 5.41) is 45.8. The van der Waals surface area contributed by atoms with Gasteiger partial charge in [-0.1, -0.05) is 0 Å². The van der Waals surface area contributed by atoms with Gasteiger partial charge in [0.2, 0.25) is 6.41 Å². The summed E-state index contributed by atoms with van der Waals surface area (Å²) in [6.07, 6.45) is -8.99. The van der Waals surface area contributed by atoms with Crippen LogP contribution in [0.15, 0.2) is 0 Å².